The first-order valence-electron chi connectivity index (χ1n) is 13.6. The number of ether oxygens (including phenoxy) is 2. The van der Waals surface area contributed by atoms with Gasteiger partial charge >= 0.3 is 12.0 Å². The van der Waals surface area contributed by atoms with Crippen LogP contribution in [-0.2, 0) is 23.9 Å². The summed E-state index contributed by atoms with van der Waals surface area (Å²) in [4.78, 5) is 73.5. The Labute approximate surface area is 240 Å². The number of esters is 1. The van der Waals surface area contributed by atoms with Gasteiger partial charge in [0.05, 0.1) is 13.2 Å². The van der Waals surface area contributed by atoms with Gasteiger partial charge in [0.1, 0.15) is 17.9 Å². The fraction of sp³-hybridized carbons (Fsp3) is 0.571. The number of unbranched alkanes of at least 4 members (excludes halogenated alkanes) is 1. The van der Waals surface area contributed by atoms with Crippen molar-refractivity contribution in [1.82, 2.24) is 10.6 Å². The first kappa shape index (κ1) is 35.0. The number of methoxy groups -OCH3 is 1. The van der Waals surface area contributed by atoms with Crippen LogP contribution >= 0.6 is 0 Å². The van der Waals surface area contributed by atoms with Crippen molar-refractivity contribution < 1.29 is 38.2 Å². The first-order valence-corrected chi connectivity index (χ1v) is 13.6. The molecule has 0 saturated heterocycles. The SMILES string of the molecule is COC(=O)c1ccc(NC(=O)[C@H](CCCNC(N)=O)CC(=O)[C@@H](NC(C)=O)C(C)C)cc1OCC(=O)CCCCN. The zero-order valence-electron chi connectivity index (χ0n) is 24.2. The zero-order valence-corrected chi connectivity index (χ0v) is 24.2. The van der Waals surface area contributed by atoms with Crippen LogP contribution in [0.3, 0.4) is 0 Å². The molecular weight excluding hydrogens is 534 g/mol. The van der Waals surface area contributed by atoms with Crippen molar-refractivity contribution in [3.05, 3.63) is 23.8 Å². The van der Waals surface area contributed by atoms with E-state index in [1.165, 1.54) is 32.2 Å². The van der Waals surface area contributed by atoms with Gasteiger partial charge in [-0.15, -0.1) is 0 Å². The summed E-state index contributed by atoms with van der Waals surface area (Å²) in [5.41, 5.74) is 10.9. The molecule has 1 aromatic rings. The zero-order chi connectivity index (χ0) is 30.9. The minimum atomic E-state index is -0.805. The highest BCUT2D eigenvalue weighted by Gasteiger charge is 2.29. The number of nitrogens with two attached hydrogens (primary N) is 2. The first-order chi connectivity index (χ1) is 19.4. The number of nitrogens with one attached hydrogen (secondary N) is 3. The standard InChI is InChI=1S/C28H43N5O8/c1-17(2)25(32-18(3)34)23(36)14-19(8-7-13-31-28(30)39)26(37)33-20-10-11-22(27(38)40-4)24(15-20)41-16-21(35)9-5-6-12-29/h10-11,15,17,19,25H,5-9,12-14,16,29H2,1-4H3,(H,32,34)(H,33,37)(H3,30,31,39)/t19-,25+/m1/s1. The number of ketones is 2. The lowest BCUT2D eigenvalue weighted by Gasteiger charge is -2.23. The summed E-state index contributed by atoms with van der Waals surface area (Å²) in [6.45, 7) is 5.29. The van der Waals surface area contributed by atoms with E-state index in [1.807, 2.05) is 0 Å². The summed E-state index contributed by atoms with van der Waals surface area (Å²) >= 11 is 0. The molecule has 0 radical (unpaired) electrons. The summed E-state index contributed by atoms with van der Waals surface area (Å²) in [6, 6.07) is 2.80. The molecule has 0 fully saturated rings. The Balaban J connectivity index is 3.13. The summed E-state index contributed by atoms with van der Waals surface area (Å²) in [7, 11) is 1.21. The van der Waals surface area contributed by atoms with Crippen LogP contribution in [-0.4, -0.2) is 68.2 Å². The molecule has 1 aromatic carbocycles. The molecule has 0 bridgehead atoms. The third-order valence-corrected chi connectivity index (χ3v) is 6.17. The van der Waals surface area contributed by atoms with Crippen LogP contribution in [0.4, 0.5) is 10.5 Å². The van der Waals surface area contributed by atoms with Gasteiger partial charge in [-0.25, -0.2) is 9.59 Å². The van der Waals surface area contributed by atoms with Crippen LogP contribution < -0.4 is 32.2 Å². The van der Waals surface area contributed by atoms with Gasteiger partial charge < -0.3 is 36.9 Å². The molecule has 0 aliphatic heterocycles. The Kier molecular flexibility index (Phi) is 15.7. The lowest BCUT2D eigenvalue weighted by Crippen LogP contribution is -2.44. The third-order valence-electron chi connectivity index (χ3n) is 6.17. The molecule has 0 saturated carbocycles. The molecule has 13 heteroatoms. The summed E-state index contributed by atoms with van der Waals surface area (Å²) < 4.78 is 10.4. The summed E-state index contributed by atoms with van der Waals surface area (Å²) in [6.07, 6.45) is 2.04. The van der Waals surface area contributed by atoms with Crippen molar-refractivity contribution in [3.63, 3.8) is 0 Å². The summed E-state index contributed by atoms with van der Waals surface area (Å²) in [5.74, 6) is -2.97. The van der Waals surface area contributed by atoms with E-state index < -0.39 is 29.9 Å². The fourth-order valence-electron chi connectivity index (χ4n) is 4.03. The van der Waals surface area contributed by atoms with Gasteiger partial charge in [0.15, 0.2) is 11.6 Å². The predicted octanol–water partition coefficient (Wildman–Crippen LogP) is 1.67. The number of anilines is 1. The number of rotatable bonds is 19. The average Bonchev–Trinajstić information content (AvgIpc) is 2.91. The van der Waals surface area contributed by atoms with Crippen LogP contribution in [0.1, 0.15) is 69.7 Å². The van der Waals surface area contributed by atoms with Crippen LogP contribution in [0.25, 0.3) is 0 Å². The molecule has 7 N–H and O–H groups in total. The second kappa shape index (κ2) is 18.4. The number of Topliss-reactive ketones (excluding diaryl/α,β-unsaturated/α-hetero) is 2. The Hall–Kier alpha value is -4.00. The van der Waals surface area contributed by atoms with E-state index in [0.717, 1.165) is 0 Å². The molecule has 0 aliphatic rings. The van der Waals surface area contributed by atoms with Crippen LogP contribution in [0, 0.1) is 11.8 Å². The van der Waals surface area contributed by atoms with E-state index in [1.54, 1.807) is 13.8 Å². The van der Waals surface area contributed by atoms with E-state index in [-0.39, 0.29) is 72.8 Å². The molecule has 2 atom stereocenters. The smallest absolute Gasteiger partial charge is 0.341 e. The molecule has 0 unspecified atom stereocenters. The van der Waals surface area contributed by atoms with E-state index in [9.17, 15) is 28.8 Å². The number of primary amides is 1. The molecule has 4 amide bonds. The lowest BCUT2D eigenvalue weighted by molar-refractivity contribution is -0.130. The molecule has 41 heavy (non-hydrogen) atoms. The van der Waals surface area contributed by atoms with Gasteiger partial charge in [0.25, 0.3) is 0 Å². The second-order valence-electron chi connectivity index (χ2n) is 9.99. The number of carbonyl (C=O) groups excluding carboxylic acids is 6. The fourth-order valence-corrected chi connectivity index (χ4v) is 4.03. The second-order valence-corrected chi connectivity index (χ2v) is 9.99. The van der Waals surface area contributed by atoms with Gasteiger partial charge in [-0.2, -0.15) is 0 Å². The van der Waals surface area contributed by atoms with Crippen LogP contribution in [0.5, 0.6) is 5.75 Å². The number of amides is 4. The van der Waals surface area contributed by atoms with Crippen LogP contribution in [0.15, 0.2) is 18.2 Å². The van der Waals surface area contributed by atoms with Crippen molar-refractivity contribution in [1.29, 1.82) is 0 Å². The van der Waals surface area contributed by atoms with Gasteiger partial charge in [-0.05, 0) is 50.3 Å². The highest BCUT2D eigenvalue weighted by molar-refractivity contribution is 5.98. The minimum absolute atomic E-state index is 0.0469. The highest BCUT2D eigenvalue weighted by Crippen LogP contribution is 2.26. The number of carbonyl (C=O) groups is 6. The summed E-state index contributed by atoms with van der Waals surface area (Å²) in [5, 5.41) is 7.82. The maximum absolute atomic E-state index is 13.3. The monoisotopic (exact) mass is 577 g/mol. The normalized spacial score (nSPS) is 12.1. The molecule has 1 rings (SSSR count). The number of hydrogen-bond donors (Lipinski definition) is 5. The Morgan fingerprint density at radius 2 is 1.73 bits per heavy atom. The molecule has 228 valence electrons. The molecule has 13 nitrogen and oxygen atoms in total. The molecule has 0 spiro atoms. The molecule has 0 heterocycles. The molecule has 0 aliphatic carbocycles. The van der Waals surface area contributed by atoms with E-state index in [0.29, 0.717) is 25.8 Å². The topological polar surface area (TPSA) is 209 Å². The highest BCUT2D eigenvalue weighted by atomic mass is 16.5. The number of hydrogen-bond acceptors (Lipinski definition) is 9. The Bertz CT molecular complexity index is 1080. The van der Waals surface area contributed by atoms with E-state index >= 15 is 0 Å². The molecule has 0 aromatic heterocycles. The van der Waals surface area contributed by atoms with Gasteiger partial charge in [0.2, 0.25) is 11.8 Å². The third kappa shape index (κ3) is 13.3. The lowest BCUT2D eigenvalue weighted by atomic mass is 9.89. The van der Waals surface area contributed by atoms with Crippen molar-refractivity contribution in [2.45, 2.75) is 65.3 Å². The maximum atomic E-state index is 13.3. The Morgan fingerprint density at radius 1 is 1.02 bits per heavy atom. The van der Waals surface area contributed by atoms with Gasteiger partial charge in [-0.3, -0.25) is 19.2 Å². The van der Waals surface area contributed by atoms with Gasteiger partial charge in [0, 0.05) is 44.0 Å². The van der Waals surface area contributed by atoms with E-state index in [4.69, 9.17) is 20.9 Å². The largest absolute Gasteiger partial charge is 0.485 e. The van der Waals surface area contributed by atoms with E-state index in [2.05, 4.69) is 16.0 Å². The quantitative estimate of drug-likeness (QED) is 0.119. The van der Waals surface area contributed by atoms with Crippen molar-refractivity contribution in [2.75, 3.05) is 32.1 Å². The average molecular weight is 578 g/mol. The van der Waals surface area contributed by atoms with Crippen molar-refractivity contribution in [2.24, 2.45) is 23.3 Å². The number of benzene rings is 1. The van der Waals surface area contributed by atoms with Crippen molar-refractivity contribution in [3.8, 4) is 5.75 Å². The predicted molar refractivity (Wildman–Crippen MR) is 152 cm³/mol. The van der Waals surface area contributed by atoms with Crippen molar-refractivity contribution >= 4 is 41.1 Å². The van der Waals surface area contributed by atoms with Gasteiger partial charge in [-0.1, -0.05) is 13.8 Å². The molecular formula is C28H43N5O8. The van der Waals surface area contributed by atoms with Crippen LogP contribution in [0.2, 0.25) is 0 Å². The maximum Gasteiger partial charge on any atom is 0.341 e. The number of urea groups is 1. The minimum Gasteiger partial charge on any atom is -0.485 e. The Morgan fingerprint density at radius 3 is 2.32 bits per heavy atom.